The minimum absolute atomic E-state index is 0.00944. The number of carbonyl (C=O) groups is 1. The van der Waals surface area contributed by atoms with Crippen molar-refractivity contribution < 1.29 is 19.7 Å². The van der Waals surface area contributed by atoms with Crippen molar-refractivity contribution in [3.05, 3.63) is 70.8 Å². The van der Waals surface area contributed by atoms with Gasteiger partial charge in [-0.3, -0.25) is 4.79 Å². The van der Waals surface area contributed by atoms with E-state index in [1.807, 2.05) is 6.08 Å². The summed E-state index contributed by atoms with van der Waals surface area (Å²) in [5, 5.41) is 23.9. The zero-order valence-electron chi connectivity index (χ0n) is 21.3. The molecule has 0 saturated carbocycles. The van der Waals surface area contributed by atoms with Crippen molar-refractivity contribution in [2.24, 2.45) is 0 Å². The molecule has 35 heavy (non-hydrogen) atoms. The zero-order chi connectivity index (χ0) is 25.5. The highest BCUT2D eigenvalue weighted by molar-refractivity contribution is 6.15. The minimum Gasteiger partial charge on any atom is -0.508 e. The molecule has 0 bridgehead atoms. The van der Waals surface area contributed by atoms with Gasteiger partial charge in [0.25, 0.3) is 5.91 Å². The number of benzene rings is 2. The highest BCUT2D eigenvalue weighted by Gasteiger charge is 2.30. The van der Waals surface area contributed by atoms with Gasteiger partial charge in [0.1, 0.15) is 22.9 Å². The molecule has 6 nitrogen and oxygen atoms in total. The van der Waals surface area contributed by atoms with E-state index >= 15 is 0 Å². The lowest BCUT2D eigenvalue weighted by molar-refractivity contribution is 0.0991. The summed E-state index contributed by atoms with van der Waals surface area (Å²) in [6, 6.07) is 7.86. The number of nitrogens with zero attached hydrogens (tertiary/aromatic N) is 1. The molecule has 0 spiro atoms. The van der Waals surface area contributed by atoms with Gasteiger partial charge in [-0.2, -0.15) is 0 Å². The number of methoxy groups -OCH3 is 1. The first-order chi connectivity index (χ1) is 16.7. The predicted octanol–water partition coefficient (Wildman–Crippen LogP) is 7.23. The van der Waals surface area contributed by atoms with Crippen LogP contribution in [0.25, 0.3) is 0 Å². The third-order valence-electron chi connectivity index (χ3n) is 6.09. The van der Waals surface area contributed by atoms with Crippen LogP contribution in [0.3, 0.4) is 0 Å². The molecule has 2 aromatic rings. The Bertz CT molecular complexity index is 1170. The van der Waals surface area contributed by atoms with Crippen LogP contribution < -0.4 is 15.0 Å². The molecule has 1 aliphatic rings. The topological polar surface area (TPSA) is 82.0 Å². The molecule has 1 amide bonds. The summed E-state index contributed by atoms with van der Waals surface area (Å²) < 4.78 is 5.46. The van der Waals surface area contributed by atoms with Gasteiger partial charge in [0, 0.05) is 18.7 Å². The maximum Gasteiger partial charge on any atom is 0.260 e. The number of phenolic OH excluding ortho intramolecular Hbond substituents is 2. The number of fused-ring (bicyclic) bond motifs is 2. The van der Waals surface area contributed by atoms with E-state index in [9.17, 15) is 15.0 Å². The standard InChI is InChI=1S/C29H36N2O4/c1-19(2)9-6-10-20(3)11-7-12-21(4)15-16-31-24-17-22(32)18-26(35-5)28(24)30-27-23(29(31)34)13-8-14-25(27)33/h8-9,11,13-15,17-18,30,32-33H,6-7,10,12,16H2,1-5H3. The predicted molar refractivity (Wildman–Crippen MR) is 143 cm³/mol. The Morgan fingerprint density at radius 3 is 2.34 bits per heavy atom. The average Bonchev–Trinajstić information content (AvgIpc) is 2.92. The number of ether oxygens (including phenoxy) is 1. The van der Waals surface area contributed by atoms with Gasteiger partial charge in [-0.15, -0.1) is 0 Å². The fourth-order valence-electron chi connectivity index (χ4n) is 4.08. The molecular weight excluding hydrogens is 440 g/mol. The first-order valence-electron chi connectivity index (χ1n) is 12.0. The van der Waals surface area contributed by atoms with Gasteiger partial charge in [0.05, 0.1) is 24.0 Å². The highest BCUT2D eigenvalue weighted by Crippen LogP contribution is 2.46. The molecule has 0 aromatic heterocycles. The number of hydrogen-bond acceptors (Lipinski definition) is 5. The second-order valence-electron chi connectivity index (χ2n) is 9.24. The number of para-hydroxylation sites is 1. The van der Waals surface area contributed by atoms with Crippen molar-refractivity contribution >= 4 is 23.0 Å². The SMILES string of the molecule is COc1cc(O)cc2c1Nc1c(O)cccc1C(=O)N2CC=C(C)CCC=C(C)CCC=C(C)C. The number of carbonyl (C=O) groups excluding carboxylic acids is 1. The molecule has 0 radical (unpaired) electrons. The first-order valence-corrected chi connectivity index (χ1v) is 12.0. The van der Waals surface area contributed by atoms with Crippen LogP contribution in [0.4, 0.5) is 17.1 Å². The molecule has 3 N–H and O–H groups in total. The smallest absolute Gasteiger partial charge is 0.260 e. The van der Waals surface area contributed by atoms with Gasteiger partial charge in [0.15, 0.2) is 0 Å². The average molecular weight is 477 g/mol. The number of nitrogens with one attached hydrogen (secondary N) is 1. The summed E-state index contributed by atoms with van der Waals surface area (Å²) in [7, 11) is 1.50. The second-order valence-corrected chi connectivity index (χ2v) is 9.24. The highest BCUT2D eigenvalue weighted by atomic mass is 16.5. The number of allylic oxidation sites excluding steroid dienone is 5. The van der Waals surface area contributed by atoms with Crippen LogP contribution in [0.15, 0.2) is 65.3 Å². The molecule has 0 atom stereocenters. The maximum absolute atomic E-state index is 13.5. The molecule has 6 heteroatoms. The van der Waals surface area contributed by atoms with E-state index in [0.29, 0.717) is 34.9 Å². The third-order valence-corrected chi connectivity index (χ3v) is 6.09. The van der Waals surface area contributed by atoms with Crippen LogP contribution in [0, 0.1) is 0 Å². The van der Waals surface area contributed by atoms with Crippen molar-refractivity contribution in [1.82, 2.24) is 0 Å². The molecule has 1 aliphatic heterocycles. The lowest BCUT2D eigenvalue weighted by Crippen LogP contribution is -2.30. The molecule has 2 aromatic carbocycles. The van der Waals surface area contributed by atoms with Crippen molar-refractivity contribution in [1.29, 1.82) is 0 Å². The van der Waals surface area contributed by atoms with E-state index in [4.69, 9.17) is 4.74 Å². The Kier molecular flexibility index (Phi) is 8.63. The number of aromatic hydroxyl groups is 2. The number of phenols is 2. The van der Waals surface area contributed by atoms with Crippen LogP contribution >= 0.6 is 0 Å². The summed E-state index contributed by atoms with van der Waals surface area (Å²) in [6.07, 6.45) is 10.6. The fraction of sp³-hybridized carbons (Fsp3) is 0.345. The Hall–Kier alpha value is -3.67. The maximum atomic E-state index is 13.5. The van der Waals surface area contributed by atoms with Gasteiger partial charge in [-0.05, 0) is 65.5 Å². The largest absolute Gasteiger partial charge is 0.508 e. The van der Waals surface area contributed by atoms with Crippen molar-refractivity contribution in [3.8, 4) is 17.2 Å². The number of anilines is 3. The first kappa shape index (κ1) is 25.9. The molecule has 0 aliphatic carbocycles. The lowest BCUT2D eigenvalue weighted by atomic mass is 10.1. The zero-order valence-corrected chi connectivity index (χ0v) is 21.3. The molecule has 3 rings (SSSR count). The summed E-state index contributed by atoms with van der Waals surface area (Å²) >= 11 is 0. The summed E-state index contributed by atoms with van der Waals surface area (Å²) in [4.78, 5) is 15.1. The fourth-order valence-corrected chi connectivity index (χ4v) is 4.08. The molecule has 1 heterocycles. The Morgan fingerprint density at radius 2 is 1.66 bits per heavy atom. The van der Waals surface area contributed by atoms with E-state index in [1.54, 1.807) is 17.0 Å². The van der Waals surface area contributed by atoms with Gasteiger partial charge >= 0.3 is 0 Å². The summed E-state index contributed by atoms with van der Waals surface area (Å²) in [5.74, 6) is 0.0687. The summed E-state index contributed by atoms with van der Waals surface area (Å²) in [6.45, 7) is 8.80. The number of amides is 1. The third kappa shape index (κ3) is 6.47. The van der Waals surface area contributed by atoms with Gasteiger partial charge in [-0.1, -0.05) is 41.0 Å². The summed E-state index contributed by atoms with van der Waals surface area (Å²) in [5.41, 5.74) is 5.58. The van der Waals surface area contributed by atoms with E-state index in [-0.39, 0.29) is 17.4 Å². The van der Waals surface area contributed by atoms with Crippen molar-refractivity contribution in [2.75, 3.05) is 23.9 Å². The monoisotopic (exact) mass is 476 g/mol. The van der Waals surface area contributed by atoms with Crippen LogP contribution in [0.5, 0.6) is 17.2 Å². The Balaban J connectivity index is 1.83. The molecule has 186 valence electrons. The second kappa shape index (κ2) is 11.6. The van der Waals surface area contributed by atoms with Crippen LogP contribution in [-0.4, -0.2) is 29.8 Å². The molecular formula is C29H36N2O4. The number of rotatable bonds is 9. The van der Waals surface area contributed by atoms with Crippen molar-refractivity contribution in [2.45, 2.75) is 53.4 Å². The normalized spacial score (nSPS) is 13.5. The minimum atomic E-state index is -0.270. The van der Waals surface area contributed by atoms with Gasteiger partial charge < -0.3 is 25.2 Å². The van der Waals surface area contributed by atoms with E-state index in [0.717, 1.165) is 25.7 Å². The van der Waals surface area contributed by atoms with E-state index < -0.39 is 0 Å². The molecule has 0 unspecified atom stereocenters. The Morgan fingerprint density at radius 1 is 0.971 bits per heavy atom. The van der Waals surface area contributed by atoms with Crippen molar-refractivity contribution in [3.63, 3.8) is 0 Å². The lowest BCUT2D eigenvalue weighted by Gasteiger charge is -2.23. The molecule has 0 fully saturated rings. The number of hydrogen-bond donors (Lipinski definition) is 3. The van der Waals surface area contributed by atoms with Crippen LogP contribution in [-0.2, 0) is 0 Å². The van der Waals surface area contributed by atoms with Crippen LogP contribution in [0.2, 0.25) is 0 Å². The van der Waals surface area contributed by atoms with Gasteiger partial charge in [0.2, 0.25) is 0 Å². The van der Waals surface area contributed by atoms with Crippen LogP contribution in [0.1, 0.15) is 63.7 Å². The molecule has 0 saturated heterocycles. The van der Waals surface area contributed by atoms with E-state index in [1.165, 1.54) is 42.0 Å². The Labute approximate surface area is 208 Å². The quantitative estimate of drug-likeness (QED) is 0.202. The van der Waals surface area contributed by atoms with E-state index in [2.05, 4.69) is 45.2 Å². The van der Waals surface area contributed by atoms with Gasteiger partial charge in [-0.25, -0.2) is 0 Å².